The number of anilines is 2. The number of fused-ring (bicyclic) bond motifs is 2. The molecule has 0 saturated heterocycles. The zero-order valence-electron chi connectivity index (χ0n) is 15.7. The summed E-state index contributed by atoms with van der Waals surface area (Å²) in [5.74, 6) is -1.78. The van der Waals surface area contributed by atoms with E-state index >= 15 is 0 Å². The van der Waals surface area contributed by atoms with Crippen molar-refractivity contribution >= 4 is 29.2 Å². The lowest BCUT2D eigenvalue weighted by molar-refractivity contribution is 0.0879. The molecule has 148 valence electrons. The number of nitrogens with two attached hydrogens (primary N) is 1. The van der Waals surface area contributed by atoms with Gasteiger partial charge in [-0.05, 0) is 30.2 Å². The van der Waals surface area contributed by atoms with E-state index in [2.05, 4.69) is 5.32 Å². The topological polar surface area (TPSA) is 114 Å². The molecule has 0 atom stereocenters. The summed E-state index contributed by atoms with van der Waals surface area (Å²) in [5, 5.41) is 2.14. The van der Waals surface area contributed by atoms with E-state index in [1.807, 2.05) is 24.3 Å². The SMILES string of the molecule is Nc1c2c(cc(=O)n1-c1ccccc1C(=O)N1CCc3ccccc31)C(=O)NC2=O. The van der Waals surface area contributed by atoms with Gasteiger partial charge in [-0.1, -0.05) is 30.3 Å². The Morgan fingerprint density at radius 2 is 1.63 bits per heavy atom. The molecule has 0 radical (unpaired) electrons. The van der Waals surface area contributed by atoms with E-state index in [0.717, 1.165) is 28.3 Å². The first-order valence-corrected chi connectivity index (χ1v) is 9.38. The van der Waals surface area contributed by atoms with E-state index in [1.54, 1.807) is 29.2 Å². The number of hydrogen-bond acceptors (Lipinski definition) is 5. The minimum atomic E-state index is -0.668. The average molecular weight is 400 g/mol. The van der Waals surface area contributed by atoms with Crippen molar-refractivity contribution in [2.24, 2.45) is 0 Å². The molecular weight excluding hydrogens is 384 g/mol. The number of nitrogens with one attached hydrogen (secondary N) is 1. The van der Waals surface area contributed by atoms with Gasteiger partial charge in [0, 0.05) is 18.3 Å². The number of pyridine rings is 1. The highest BCUT2D eigenvalue weighted by Crippen LogP contribution is 2.31. The fourth-order valence-electron chi connectivity index (χ4n) is 4.07. The molecule has 1 aromatic heterocycles. The summed E-state index contributed by atoms with van der Waals surface area (Å²) in [5.41, 5.74) is 7.86. The molecule has 0 saturated carbocycles. The minimum Gasteiger partial charge on any atom is -0.384 e. The largest absolute Gasteiger partial charge is 0.384 e. The van der Waals surface area contributed by atoms with Gasteiger partial charge in [0.15, 0.2) is 0 Å². The molecular formula is C22H16N4O4. The van der Waals surface area contributed by atoms with Crippen molar-refractivity contribution in [3.05, 3.63) is 87.2 Å². The Kier molecular flexibility index (Phi) is 3.82. The van der Waals surface area contributed by atoms with Crippen molar-refractivity contribution in [3.8, 4) is 5.69 Å². The molecule has 5 rings (SSSR count). The first-order chi connectivity index (χ1) is 14.5. The summed E-state index contributed by atoms with van der Waals surface area (Å²) in [6, 6.07) is 15.3. The van der Waals surface area contributed by atoms with Gasteiger partial charge in [-0.2, -0.15) is 0 Å². The number of imide groups is 1. The van der Waals surface area contributed by atoms with Gasteiger partial charge in [0.1, 0.15) is 5.82 Å². The zero-order valence-corrected chi connectivity index (χ0v) is 15.7. The zero-order chi connectivity index (χ0) is 21.0. The summed E-state index contributed by atoms with van der Waals surface area (Å²) >= 11 is 0. The lowest BCUT2D eigenvalue weighted by Crippen LogP contribution is -2.32. The predicted molar refractivity (Wildman–Crippen MR) is 110 cm³/mol. The van der Waals surface area contributed by atoms with Gasteiger partial charge in [-0.3, -0.25) is 29.1 Å². The van der Waals surface area contributed by atoms with Gasteiger partial charge in [-0.25, -0.2) is 0 Å². The van der Waals surface area contributed by atoms with Crippen LogP contribution in [0.5, 0.6) is 0 Å². The smallest absolute Gasteiger partial charge is 0.262 e. The monoisotopic (exact) mass is 400 g/mol. The average Bonchev–Trinajstić information content (AvgIpc) is 3.28. The number of nitrogen functional groups attached to an aromatic ring is 1. The number of para-hydroxylation sites is 2. The summed E-state index contributed by atoms with van der Waals surface area (Å²) in [6.45, 7) is 0.526. The highest BCUT2D eigenvalue weighted by Gasteiger charge is 2.33. The summed E-state index contributed by atoms with van der Waals surface area (Å²) < 4.78 is 1.10. The third-order valence-corrected chi connectivity index (χ3v) is 5.46. The molecule has 8 nitrogen and oxygen atoms in total. The summed E-state index contributed by atoms with van der Waals surface area (Å²) in [7, 11) is 0. The molecule has 30 heavy (non-hydrogen) atoms. The van der Waals surface area contributed by atoms with Gasteiger partial charge in [0.2, 0.25) is 0 Å². The Hall–Kier alpha value is -4.20. The van der Waals surface area contributed by atoms with Crippen molar-refractivity contribution < 1.29 is 14.4 Å². The van der Waals surface area contributed by atoms with Crippen molar-refractivity contribution in [3.63, 3.8) is 0 Å². The van der Waals surface area contributed by atoms with Crippen LogP contribution in [-0.2, 0) is 6.42 Å². The third kappa shape index (κ3) is 2.47. The van der Waals surface area contributed by atoms with Crippen molar-refractivity contribution in [2.75, 3.05) is 17.2 Å². The molecule has 0 spiro atoms. The van der Waals surface area contributed by atoms with Crippen LogP contribution < -0.4 is 21.5 Å². The molecule has 2 aliphatic rings. The Morgan fingerprint density at radius 3 is 2.43 bits per heavy atom. The summed E-state index contributed by atoms with van der Waals surface area (Å²) in [4.78, 5) is 51.9. The number of benzene rings is 2. The fourth-order valence-corrected chi connectivity index (χ4v) is 4.07. The molecule has 3 N–H and O–H groups in total. The van der Waals surface area contributed by atoms with Crippen LogP contribution in [0.2, 0.25) is 0 Å². The molecule has 0 bridgehead atoms. The van der Waals surface area contributed by atoms with Crippen LogP contribution in [0.3, 0.4) is 0 Å². The van der Waals surface area contributed by atoms with E-state index < -0.39 is 17.4 Å². The van der Waals surface area contributed by atoms with Crippen LogP contribution in [0, 0.1) is 0 Å². The lowest BCUT2D eigenvalue weighted by Gasteiger charge is -2.21. The summed E-state index contributed by atoms with van der Waals surface area (Å²) in [6.07, 6.45) is 0.743. The molecule has 0 fully saturated rings. The van der Waals surface area contributed by atoms with Crippen LogP contribution in [-0.4, -0.2) is 28.8 Å². The number of hydrogen-bond donors (Lipinski definition) is 2. The van der Waals surface area contributed by atoms with Gasteiger partial charge in [0.25, 0.3) is 23.3 Å². The van der Waals surface area contributed by atoms with Crippen LogP contribution in [0.4, 0.5) is 11.5 Å². The number of nitrogens with zero attached hydrogens (tertiary/aromatic N) is 2. The maximum absolute atomic E-state index is 13.4. The van der Waals surface area contributed by atoms with Crippen molar-refractivity contribution in [1.29, 1.82) is 0 Å². The van der Waals surface area contributed by atoms with Crippen LogP contribution >= 0.6 is 0 Å². The Labute approximate surface area is 170 Å². The van der Waals surface area contributed by atoms with Gasteiger partial charge in [-0.15, -0.1) is 0 Å². The van der Waals surface area contributed by atoms with E-state index in [0.29, 0.717) is 6.54 Å². The molecule has 2 aromatic carbocycles. The van der Waals surface area contributed by atoms with Crippen molar-refractivity contribution in [1.82, 2.24) is 9.88 Å². The highest BCUT2D eigenvalue weighted by molar-refractivity contribution is 6.23. The second kappa shape index (κ2) is 6.41. The molecule has 2 aliphatic heterocycles. The highest BCUT2D eigenvalue weighted by atomic mass is 16.2. The van der Waals surface area contributed by atoms with Gasteiger partial charge >= 0.3 is 0 Å². The second-order valence-corrected chi connectivity index (χ2v) is 7.13. The minimum absolute atomic E-state index is 0.0592. The third-order valence-electron chi connectivity index (χ3n) is 5.46. The van der Waals surface area contributed by atoms with Crippen LogP contribution in [0.15, 0.2) is 59.4 Å². The van der Waals surface area contributed by atoms with E-state index in [9.17, 15) is 19.2 Å². The predicted octanol–water partition coefficient (Wildman–Crippen LogP) is 1.51. The van der Waals surface area contributed by atoms with Gasteiger partial charge < -0.3 is 10.6 Å². The van der Waals surface area contributed by atoms with Crippen molar-refractivity contribution in [2.45, 2.75) is 6.42 Å². The number of carbonyl (C=O) groups excluding carboxylic acids is 3. The molecule has 3 aromatic rings. The number of carbonyl (C=O) groups is 3. The lowest BCUT2D eigenvalue weighted by atomic mass is 10.1. The molecule has 3 amide bonds. The second-order valence-electron chi connectivity index (χ2n) is 7.13. The number of amides is 3. The van der Waals surface area contributed by atoms with Crippen LogP contribution in [0.25, 0.3) is 5.69 Å². The first-order valence-electron chi connectivity index (χ1n) is 9.38. The maximum atomic E-state index is 13.4. The molecule has 3 heterocycles. The normalized spacial score (nSPS) is 14.5. The van der Waals surface area contributed by atoms with E-state index in [1.165, 1.54) is 0 Å². The number of aromatic nitrogens is 1. The van der Waals surface area contributed by atoms with E-state index in [4.69, 9.17) is 5.73 Å². The number of rotatable bonds is 2. The Bertz CT molecular complexity index is 1320. The van der Waals surface area contributed by atoms with Crippen LogP contribution in [0.1, 0.15) is 36.6 Å². The quantitative estimate of drug-likeness (QED) is 0.633. The standard InChI is InChI=1S/C22H16N4O4/c23-19-18-14(20(28)24-21(18)29)11-17(27)26(19)16-8-4-2-6-13(16)22(30)25-10-9-12-5-1-3-7-15(12)25/h1-8,11H,9-10,23H2,(H,24,28,29). The van der Waals surface area contributed by atoms with E-state index in [-0.39, 0.29) is 34.1 Å². The molecule has 0 unspecified atom stereocenters. The molecule has 0 aliphatic carbocycles. The van der Waals surface area contributed by atoms with Gasteiger partial charge in [0.05, 0.1) is 22.4 Å². The Balaban J connectivity index is 1.67. The fraction of sp³-hybridized carbons (Fsp3) is 0.0909. The first kappa shape index (κ1) is 17.9. The Morgan fingerprint density at radius 1 is 0.933 bits per heavy atom. The maximum Gasteiger partial charge on any atom is 0.262 e. The molecule has 8 heteroatoms.